The molecule has 0 aromatic heterocycles. The molecule has 0 aliphatic heterocycles. The second kappa shape index (κ2) is 10.1. The molecular weight excluding hydrogens is 225 g/mol. The largest absolute Gasteiger partial charge is 0 e. The smallest absolute Gasteiger partial charge is 0 e. The Labute approximate surface area is 41.1 Å². The topological polar surface area (TPSA) is 32.6 Å². The molecule has 0 unspecified atom stereocenters. The van der Waals surface area contributed by atoms with Gasteiger partial charge in [-0.2, -0.15) is 0 Å². The molecule has 21 valence electrons. The zero-order chi connectivity index (χ0) is 3.41. The Morgan fingerprint density at radius 2 is 2.50 bits per heavy atom. The molecule has 0 bridgehead atoms. The molecule has 1 radical (unpaired) electrons. The molecule has 0 heterocycles. The summed E-state index contributed by atoms with van der Waals surface area (Å²) in [7, 11) is 4.24. The molecule has 0 aliphatic rings. The Balaban J connectivity index is 0. The van der Waals surface area contributed by atoms with Gasteiger partial charge in [-0.3, -0.25) is 0 Å². The molecule has 0 aromatic carbocycles. The fourth-order valence-electron chi connectivity index (χ4n) is 0. The quantitative estimate of drug-likeness (QED) is 0.485. The van der Waals surface area contributed by atoms with E-state index in [1.165, 1.54) is 0 Å². The molecular formula is HBNOW. The summed E-state index contributed by atoms with van der Waals surface area (Å²) < 4.78 is 5.66. The molecule has 2 nitrogen and oxygen atoms in total. The van der Waals surface area contributed by atoms with Crippen molar-refractivity contribution in [1.29, 1.82) is 0 Å². The molecule has 0 saturated carbocycles. The summed E-state index contributed by atoms with van der Waals surface area (Å²) in [5.74, 6) is 0. The third-order valence-corrected chi connectivity index (χ3v) is 0. The van der Waals surface area contributed by atoms with Crippen LogP contribution in [0.5, 0.6) is 0 Å². The Morgan fingerprint density at radius 3 is 2.50 bits per heavy atom. The minimum absolute atomic E-state index is 0. The first kappa shape index (κ1) is 4.35. The van der Waals surface area contributed by atoms with Crippen molar-refractivity contribution in [2.24, 2.45) is 5.06 Å². The van der Waals surface area contributed by atoms with Crippen molar-refractivity contribution in [2.45, 2.75) is 0 Å². The first-order valence-corrected chi connectivity index (χ1v) is 0.441. The molecule has 1 N–H and O–H groups in total. The third kappa shape index (κ3) is 34.5. The van der Waals surface area contributed by atoms with E-state index in [0.717, 1.165) is 0 Å². The number of hydrogen-bond acceptors (Lipinski definition) is 2. The average Bonchev–Trinajstić information content (AvgIpc) is 1.37. The maximum Gasteiger partial charge on any atom is 0 e. The van der Waals surface area contributed by atoms with Crippen LogP contribution in [-0.4, -0.2) is 12.8 Å². The van der Waals surface area contributed by atoms with Crippen molar-refractivity contribution in [3.63, 3.8) is 0 Å². The van der Waals surface area contributed by atoms with Gasteiger partial charge in [0, 0.05) is 21.1 Å². The van der Waals surface area contributed by atoms with Crippen molar-refractivity contribution in [3.05, 3.63) is 0 Å². The molecule has 0 fully saturated rings. The molecule has 4 heteroatoms. The van der Waals surface area contributed by atoms with Gasteiger partial charge in [0.15, 0.2) is 0 Å². The maximum absolute atomic E-state index is 5.66. The van der Waals surface area contributed by atoms with Crippen molar-refractivity contribution in [1.82, 2.24) is 0 Å². The number of nitrogens with zero attached hydrogens (tertiary/aromatic N) is 1. The van der Waals surface area contributed by atoms with Crippen LogP contribution in [0.2, 0.25) is 1.43 Å². The van der Waals surface area contributed by atoms with E-state index >= 15 is 0 Å². The monoisotopic (exact) mass is 227 g/mol. The van der Waals surface area contributed by atoms with E-state index in [9.17, 15) is 0 Å². The maximum atomic E-state index is 5.66. The fraction of sp³-hybridized carbons (Fsp3) is 0. The molecule has 0 aliphatic carbocycles. The van der Waals surface area contributed by atoms with Gasteiger partial charge in [0.25, 0.3) is 0 Å². The van der Waals surface area contributed by atoms with E-state index in [1.807, 2.05) is 0 Å². The SMILES string of the molecule is [2H]ON=[B].[W]. The second-order valence-corrected chi connectivity index (χ2v) is 0.105. The Morgan fingerprint density at radius 1 is 2.25 bits per heavy atom. The number of rotatable bonds is 1. The predicted molar refractivity (Wildman–Crippen MR) is 9.97 cm³/mol. The van der Waals surface area contributed by atoms with E-state index in [1.54, 1.807) is 0 Å². The molecule has 0 saturated heterocycles. The average molecular weight is 227 g/mol. The van der Waals surface area contributed by atoms with E-state index in [-0.39, 0.29) is 21.1 Å². The van der Waals surface area contributed by atoms with Crippen LogP contribution in [0, 0.1) is 0 Å². The van der Waals surface area contributed by atoms with Gasteiger partial charge >= 0.3 is 19.3 Å². The van der Waals surface area contributed by atoms with Crippen LogP contribution in [0.15, 0.2) is 5.06 Å². The Bertz CT molecular complexity index is 25.6. The summed E-state index contributed by atoms with van der Waals surface area (Å²) in [6.07, 6.45) is 0. The van der Waals surface area contributed by atoms with Crippen molar-refractivity contribution in [2.75, 3.05) is 0 Å². The molecule has 4 heavy (non-hydrogen) atoms. The summed E-state index contributed by atoms with van der Waals surface area (Å²) >= 11 is 0. The van der Waals surface area contributed by atoms with Gasteiger partial charge < -0.3 is 0 Å². The van der Waals surface area contributed by atoms with Gasteiger partial charge in [0.05, 0.1) is 0 Å². The molecule has 0 spiro atoms. The third-order valence-electron chi connectivity index (χ3n) is 0. The van der Waals surface area contributed by atoms with Crippen molar-refractivity contribution < 1.29 is 27.7 Å². The van der Waals surface area contributed by atoms with Gasteiger partial charge in [0.1, 0.15) is 0 Å². The van der Waals surface area contributed by atoms with Gasteiger partial charge in [0.2, 0.25) is 0 Å². The van der Waals surface area contributed by atoms with E-state index < -0.39 is 0 Å². The van der Waals surface area contributed by atoms with Crippen LogP contribution in [0.4, 0.5) is 0 Å². The predicted octanol–water partition coefficient (Wildman–Crippen LogP) is -0.275. The second-order valence-electron chi connectivity index (χ2n) is 0.105. The van der Waals surface area contributed by atoms with Crippen molar-refractivity contribution >= 4 is 7.64 Å². The molecule has 0 atom stereocenters. The molecule has 0 amide bonds. The zero-order valence-corrected chi connectivity index (χ0v) is 4.77. The van der Waals surface area contributed by atoms with Crippen LogP contribution in [0.25, 0.3) is 0 Å². The van der Waals surface area contributed by atoms with Gasteiger partial charge in [-0.25, -0.2) is 0 Å². The normalized spacial score (nSPS) is 5.25. The van der Waals surface area contributed by atoms with Gasteiger partial charge in [-0.15, -0.1) is 0 Å². The summed E-state index contributed by atoms with van der Waals surface area (Å²) in [6, 6.07) is 0. The summed E-state index contributed by atoms with van der Waals surface area (Å²) in [6.45, 7) is 0. The first-order valence-electron chi connectivity index (χ1n) is 0.849. The summed E-state index contributed by atoms with van der Waals surface area (Å²) in [4.78, 5) is 0. The molecule has 0 rings (SSSR count). The summed E-state index contributed by atoms with van der Waals surface area (Å²) in [5.41, 5.74) is 0. The molecule has 0 aromatic rings. The van der Waals surface area contributed by atoms with Crippen molar-refractivity contribution in [3.8, 4) is 0 Å². The van der Waals surface area contributed by atoms with Gasteiger partial charge in [-0.05, 0) is 0 Å². The van der Waals surface area contributed by atoms with E-state index in [2.05, 4.69) is 17.9 Å². The van der Waals surface area contributed by atoms with Crippen LogP contribution < -0.4 is 0 Å². The van der Waals surface area contributed by atoms with Crippen LogP contribution in [0.1, 0.15) is 0 Å². The fourth-order valence-corrected chi connectivity index (χ4v) is 0. The number of hydrogen-bond donors (Lipinski definition) is 1. The van der Waals surface area contributed by atoms with Crippen LogP contribution >= 0.6 is 0 Å². The summed E-state index contributed by atoms with van der Waals surface area (Å²) in [5, 5.41) is 5.60. The standard InChI is InChI=1S/BHNO.W/c1-2-3;/h3H;/i/hD. The van der Waals surface area contributed by atoms with E-state index in [4.69, 9.17) is 1.43 Å². The zero-order valence-electron chi connectivity index (χ0n) is 2.84. The minimum atomic E-state index is 0. The minimum Gasteiger partial charge on any atom is 0 e. The van der Waals surface area contributed by atoms with Gasteiger partial charge in [-0.1, -0.05) is 0 Å². The van der Waals surface area contributed by atoms with Crippen LogP contribution in [-0.2, 0) is 21.1 Å². The first-order chi connectivity index (χ1) is 1.91. The Hall–Kier alpha value is 0.353. The van der Waals surface area contributed by atoms with Crippen LogP contribution in [0.3, 0.4) is 0 Å². The Kier molecular flexibility index (Phi) is 11.0. The van der Waals surface area contributed by atoms with E-state index in [0.29, 0.717) is 0 Å².